The Morgan fingerprint density at radius 1 is 1.14 bits per heavy atom. The van der Waals surface area contributed by atoms with Crippen LogP contribution in [0.25, 0.3) is 0 Å². The number of nitrogens with two attached hydrogens (primary N) is 1. The molecule has 0 fully saturated rings. The van der Waals surface area contributed by atoms with Crippen molar-refractivity contribution < 1.29 is 4.79 Å². The standard InChI is InChI=1S/C18H22N2O/c1-14-10-11-16(19)13-17(14)18(21)20(2)12-6-9-15-7-4-3-5-8-15/h3-5,7-8,10-11,13H,6,9,12,19H2,1-2H3. The molecule has 0 aliphatic heterocycles. The Morgan fingerprint density at radius 3 is 2.57 bits per heavy atom. The average molecular weight is 282 g/mol. The van der Waals surface area contributed by atoms with E-state index in [4.69, 9.17) is 5.73 Å². The van der Waals surface area contributed by atoms with Crippen LogP contribution < -0.4 is 5.73 Å². The number of hydrogen-bond donors (Lipinski definition) is 1. The number of benzene rings is 2. The molecule has 0 heterocycles. The number of rotatable bonds is 5. The first-order valence-electron chi connectivity index (χ1n) is 7.23. The molecule has 2 rings (SSSR count). The van der Waals surface area contributed by atoms with Gasteiger partial charge in [-0.25, -0.2) is 0 Å². The number of aryl methyl sites for hydroxylation is 2. The fourth-order valence-electron chi connectivity index (χ4n) is 2.34. The molecule has 2 aromatic rings. The molecule has 0 bridgehead atoms. The van der Waals surface area contributed by atoms with Crippen LogP contribution in [-0.4, -0.2) is 24.4 Å². The van der Waals surface area contributed by atoms with Gasteiger partial charge in [-0.05, 0) is 43.0 Å². The quantitative estimate of drug-likeness (QED) is 0.855. The van der Waals surface area contributed by atoms with Crippen molar-refractivity contribution in [3.63, 3.8) is 0 Å². The lowest BCUT2D eigenvalue weighted by Crippen LogP contribution is -2.28. The summed E-state index contributed by atoms with van der Waals surface area (Å²) in [7, 11) is 1.84. The van der Waals surface area contributed by atoms with Crippen LogP contribution in [0.2, 0.25) is 0 Å². The Labute approximate surface area is 126 Å². The van der Waals surface area contributed by atoms with Crippen molar-refractivity contribution >= 4 is 11.6 Å². The molecule has 0 aliphatic carbocycles. The van der Waals surface area contributed by atoms with Gasteiger partial charge in [0.1, 0.15) is 0 Å². The molecular formula is C18H22N2O. The molecule has 0 unspecified atom stereocenters. The lowest BCUT2D eigenvalue weighted by Gasteiger charge is -2.18. The van der Waals surface area contributed by atoms with E-state index in [1.54, 1.807) is 11.0 Å². The van der Waals surface area contributed by atoms with Gasteiger partial charge in [0.2, 0.25) is 0 Å². The van der Waals surface area contributed by atoms with E-state index in [0.29, 0.717) is 11.3 Å². The van der Waals surface area contributed by atoms with Crippen LogP contribution in [-0.2, 0) is 6.42 Å². The van der Waals surface area contributed by atoms with E-state index in [9.17, 15) is 4.79 Å². The summed E-state index contributed by atoms with van der Waals surface area (Å²) in [6.07, 6.45) is 1.93. The Bertz CT molecular complexity index is 608. The number of anilines is 1. The van der Waals surface area contributed by atoms with Crippen LogP contribution in [0.15, 0.2) is 48.5 Å². The van der Waals surface area contributed by atoms with Crippen LogP contribution in [0.4, 0.5) is 5.69 Å². The van der Waals surface area contributed by atoms with Gasteiger partial charge in [0.25, 0.3) is 5.91 Å². The maximum atomic E-state index is 12.4. The van der Waals surface area contributed by atoms with Crippen LogP contribution >= 0.6 is 0 Å². The maximum absolute atomic E-state index is 12.4. The van der Waals surface area contributed by atoms with Crippen molar-refractivity contribution in [2.75, 3.05) is 19.3 Å². The molecule has 0 saturated heterocycles. The number of nitrogen functional groups attached to an aromatic ring is 1. The summed E-state index contributed by atoms with van der Waals surface area (Å²) in [6, 6.07) is 15.8. The fraction of sp³-hybridized carbons (Fsp3) is 0.278. The zero-order valence-electron chi connectivity index (χ0n) is 12.7. The molecule has 110 valence electrons. The fourth-order valence-corrected chi connectivity index (χ4v) is 2.34. The van der Waals surface area contributed by atoms with E-state index in [1.807, 2.05) is 44.3 Å². The van der Waals surface area contributed by atoms with Crippen LogP contribution in [0.3, 0.4) is 0 Å². The van der Waals surface area contributed by atoms with Crippen molar-refractivity contribution in [2.24, 2.45) is 0 Å². The first-order chi connectivity index (χ1) is 10.1. The highest BCUT2D eigenvalue weighted by molar-refractivity contribution is 5.96. The third-order valence-electron chi connectivity index (χ3n) is 3.64. The van der Waals surface area contributed by atoms with Gasteiger partial charge in [-0.1, -0.05) is 36.4 Å². The molecule has 0 atom stereocenters. The van der Waals surface area contributed by atoms with Gasteiger partial charge in [-0.3, -0.25) is 4.79 Å². The number of nitrogens with zero attached hydrogens (tertiary/aromatic N) is 1. The summed E-state index contributed by atoms with van der Waals surface area (Å²) < 4.78 is 0. The Kier molecular flexibility index (Phi) is 4.99. The highest BCUT2D eigenvalue weighted by Crippen LogP contribution is 2.15. The third-order valence-corrected chi connectivity index (χ3v) is 3.64. The normalized spacial score (nSPS) is 10.4. The molecule has 0 saturated carbocycles. The SMILES string of the molecule is Cc1ccc(N)cc1C(=O)N(C)CCCc1ccccc1. The second-order valence-electron chi connectivity index (χ2n) is 5.39. The lowest BCUT2D eigenvalue weighted by molar-refractivity contribution is 0.0793. The average Bonchev–Trinajstić information content (AvgIpc) is 2.50. The van der Waals surface area contributed by atoms with Crippen molar-refractivity contribution in [2.45, 2.75) is 19.8 Å². The number of amides is 1. The largest absolute Gasteiger partial charge is 0.399 e. The molecular weight excluding hydrogens is 260 g/mol. The molecule has 0 aromatic heterocycles. The predicted octanol–water partition coefficient (Wildman–Crippen LogP) is 3.28. The predicted molar refractivity (Wildman–Crippen MR) is 87.3 cm³/mol. The van der Waals surface area contributed by atoms with E-state index in [0.717, 1.165) is 24.9 Å². The van der Waals surface area contributed by atoms with E-state index in [-0.39, 0.29) is 5.91 Å². The summed E-state index contributed by atoms with van der Waals surface area (Å²) in [4.78, 5) is 14.2. The highest BCUT2D eigenvalue weighted by Gasteiger charge is 2.14. The minimum Gasteiger partial charge on any atom is -0.399 e. The highest BCUT2D eigenvalue weighted by atomic mass is 16.2. The van der Waals surface area contributed by atoms with E-state index in [2.05, 4.69) is 12.1 Å². The minimum atomic E-state index is 0.0351. The van der Waals surface area contributed by atoms with Crippen molar-refractivity contribution in [3.05, 3.63) is 65.2 Å². The van der Waals surface area contributed by atoms with E-state index >= 15 is 0 Å². The Balaban J connectivity index is 1.92. The van der Waals surface area contributed by atoms with Gasteiger partial charge in [0.15, 0.2) is 0 Å². The third kappa shape index (κ3) is 4.09. The van der Waals surface area contributed by atoms with Crippen LogP contribution in [0.5, 0.6) is 0 Å². The van der Waals surface area contributed by atoms with Gasteiger partial charge < -0.3 is 10.6 Å². The summed E-state index contributed by atoms with van der Waals surface area (Å²) in [5.41, 5.74) is 9.36. The topological polar surface area (TPSA) is 46.3 Å². The summed E-state index contributed by atoms with van der Waals surface area (Å²) >= 11 is 0. The number of hydrogen-bond acceptors (Lipinski definition) is 2. The number of carbonyl (C=O) groups excluding carboxylic acids is 1. The molecule has 3 heteroatoms. The Hall–Kier alpha value is -2.29. The van der Waals surface area contributed by atoms with E-state index < -0.39 is 0 Å². The summed E-state index contributed by atoms with van der Waals surface area (Å²) in [6.45, 7) is 2.67. The van der Waals surface area contributed by atoms with Gasteiger partial charge in [0.05, 0.1) is 0 Å². The molecule has 0 radical (unpaired) electrons. The van der Waals surface area contributed by atoms with Crippen molar-refractivity contribution in [1.29, 1.82) is 0 Å². The summed E-state index contributed by atoms with van der Waals surface area (Å²) in [5.74, 6) is 0.0351. The van der Waals surface area contributed by atoms with Gasteiger partial charge in [0, 0.05) is 24.8 Å². The monoisotopic (exact) mass is 282 g/mol. The molecule has 0 aliphatic rings. The lowest BCUT2D eigenvalue weighted by atomic mass is 10.1. The maximum Gasteiger partial charge on any atom is 0.253 e. The van der Waals surface area contributed by atoms with Crippen LogP contribution in [0, 0.1) is 6.92 Å². The second-order valence-corrected chi connectivity index (χ2v) is 5.39. The minimum absolute atomic E-state index is 0.0351. The summed E-state index contributed by atoms with van der Waals surface area (Å²) in [5, 5.41) is 0. The molecule has 2 aromatic carbocycles. The first kappa shape index (κ1) is 15.1. The molecule has 1 amide bonds. The van der Waals surface area contributed by atoms with Gasteiger partial charge in [-0.2, -0.15) is 0 Å². The van der Waals surface area contributed by atoms with Gasteiger partial charge >= 0.3 is 0 Å². The zero-order valence-corrected chi connectivity index (χ0v) is 12.7. The molecule has 3 nitrogen and oxygen atoms in total. The van der Waals surface area contributed by atoms with Crippen LogP contribution in [0.1, 0.15) is 27.9 Å². The van der Waals surface area contributed by atoms with E-state index in [1.165, 1.54) is 5.56 Å². The molecule has 2 N–H and O–H groups in total. The van der Waals surface area contributed by atoms with Gasteiger partial charge in [-0.15, -0.1) is 0 Å². The molecule has 0 spiro atoms. The first-order valence-corrected chi connectivity index (χ1v) is 7.23. The smallest absolute Gasteiger partial charge is 0.253 e. The number of carbonyl (C=O) groups is 1. The zero-order chi connectivity index (χ0) is 15.2. The second kappa shape index (κ2) is 6.93. The van der Waals surface area contributed by atoms with Crippen molar-refractivity contribution in [1.82, 2.24) is 4.90 Å². The molecule has 21 heavy (non-hydrogen) atoms. The Morgan fingerprint density at radius 2 is 1.86 bits per heavy atom. The van der Waals surface area contributed by atoms with Crippen molar-refractivity contribution in [3.8, 4) is 0 Å².